The fourth-order valence-electron chi connectivity index (χ4n) is 2.36. The van der Waals surface area contributed by atoms with Crippen LogP contribution in [-0.4, -0.2) is 20.4 Å². The molecule has 0 unspecified atom stereocenters. The topological polar surface area (TPSA) is 59.8 Å². The number of carbonyl (C=O) groups excluding carboxylic acids is 1. The molecule has 110 valence electrons. The van der Waals surface area contributed by atoms with Gasteiger partial charge in [-0.15, -0.1) is 6.58 Å². The van der Waals surface area contributed by atoms with E-state index in [0.717, 1.165) is 16.9 Å². The molecule has 0 bridgehead atoms. The Bertz CT molecular complexity index is 808. The van der Waals surface area contributed by atoms with Gasteiger partial charge in [0.2, 0.25) is 0 Å². The third-order valence-electron chi connectivity index (χ3n) is 3.39. The lowest BCUT2D eigenvalue weighted by molar-refractivity contribution is 0.0949. The molecule has 0 aliphatic heterocycles. The first kappa shape index (κ1) is 14.0. The number of hydrogen-bond acceptors (Lipinski definition) is 3. The number of pyridine rings is 1. The molecule has 5 nitrogen and oxygen atoms in total. The smallest absolute Gasteiger partial charge is 0.251 e. The average molecular weight is 292 g/mol. The Balaban J connectivity index is 1.83. The van der Waals surface area contributed by atoms with Gasteiger partial charge in [-0.1, -0.05) is 18.2 Å². The van der Waals surface area contributed by atoms with Crippen LogP contribution in [0.15, 0.2) is 61.4 Å². The molecule has 0 saturated carbocycles. The third kappa shape index (κ3) is 2.74. The zero-order valence-corrected chi connectivity index (χ0v) is 12.1. The van der Waals surface area contributed by atoms with Gasteiger partial charge in [0.1, 0.15) is 5.82 Å². The van der Waals surface area contributed by atoms with Crippen molar-refractivity contribution in [2.75, 3.05) is 0 Å². The first-order valence-electron chi connectivity index (χ1n) is 7.03. The van der Waals surface area contributed by atoms with Crippen molar-refractivity contribution in [3.05, 3.63) is 72.8 Å². The average Bonchev–Trinajstić information content (AvgIpc) is 2.92. The minimum atomic E-state index is -0.139. The largest absolute Gasteiger partial charge is 0.345 e. The van der Waals surface area contributed by atoms with Gasteiger partial charge < -0.3 is 9.88 Å². The predicted molar refractivity (Wildman–Crippen MR) is 85.3 cm³/mol. The molecular formula is C17H16N4O. The summed E-state index contributed by atoms with van der Waals surface area (Å²) in [5.41, 5.74) is 2.54. The molecule has 0 atom stereocenters. The van der Waals surface area contributed by atoms with E-state index in [1.165, 1.54) is 0 Å². The van der Waals surface area contributed by atoms with E-state index in [2.05, 4.69) is 26.4 Å². The zero-order chi connectivity index (χ0) is 15.4. The minimum absolute atomic E-state index is 0.139. The van der Waals surface area contributed by atoms with Crippen LogP contribution in [0.5, 0.6) is 0 Å². The molecule has 22 heavy (non-hydrogen) atoms. The molecule has 0 aliphatic carbocycles. The summed E-state index contributed by atoms with van der Waals surface area (Å²) in [5, 5.41) is 2.89. The van der Waals surface area contributed by atoms with Crippen LogP contribution in [0.2, 0.25) is 0 Å². The lowest BCUT2D eigenvalue weighted by Gasteiger charge is -2.08. The highest BCUT2D eigenvalue weighted by molar-refractivity contribution is 5.93. The molecule has 0 aliphatic rings. The lowest BCUT2D eigenvalue weighted by Crippen LogP contribution is -2.24. The quantitative estimate of drug-likeness (QED) is 0.735. The van der Waals surface area contributed by atoms with Crippen LogP contribution in [-0.2, 0) is 13.1 Å². The van der Waals surface area contributed by atoms with E-state index in [4.69, 9.17) is 0 Å². The summed E-state index contributed by atoms with van der Waals surface area (Å²) in [7, 11) is 0. The number of aromatic nitrogens is 3. The van der Waals surface area contributed by atoms with Crippen molar-refractivity contribution in [3.8, 4) is 0 Å². The third-order valence-corrected chi connectivity index (χ3v) is 3.39. The molecule has 1 aromatic carbocycles. The van der Waals surface area contributed by atoms with Crippen LogP contribution in [0.4, 0.5) is 0 Å². The van der Waals surface area contributed by atoms with Crippen molar-refractivity contribution >= 4 is 16.9 Å². The summed E-state index contributed by atoms with van der Waals surface area (Å²) >= 11 is 0. The van der Waals surface area contributed by atoms with Crippen molar-refractivity contribution in [2.45, 2.75) is 13.1 Å². The summed E-state index contributed by atoms with van der Waals surface area (Å²) in [5.74, 6) is 0.670. The van der Waals surface area contributed by atoms with Crippen LogP contribution in [0.25, 0.3) is 11.0 Å². The molecule has 3 aromatic rings. The maximum atomic E-state index is 12.1. The van der Waals surface area contributed by atoms with Crippen molar-refractivity contribution in [1.82, 2.24) is 19.9 Å². The highest BCUT2D eigenvalue weighted by Gasteiger charge is 2.11. The van der Waals surface area contributed by atoms with Gasteiger partial charge in [-0.2, -0.15) is 0 Å². The molecule has 2 aromatic heterocycles. The monoisotopic (exact) mass is 292 g/mol. The molecule has 0 radical (unpaired) electrons. The number of amides is 1. The maximum absolute atomic E-state index is 12.1. The summed E-state index contributed by atoms with van der Waals surface area (Å²) < 4.78 is 2.05. The Labute approximate surface area is 128 Å². The van der Waals surface area contributed by atoms with E-state index in [0.29, 0.717) is 18.7 Å². The SMILES string of the molecule is C=CCn1c(CNC(=O)c2ccncc2)nc2ccccc21. The maximum Gasteiger partial charge on any atom is 0.251 e. The molecule has 0 spiro atoms. The van der Waals surface area contributed by atoms with Crippen LogP contribution < -0.4 is 5.32 Å². The van der Waals surface area contributed by atoms with Gasteiger partial charge in [-0.3, -0.25) is 9.78 Å². The van der Waals surface area contributed by atoms with E-state index < -0.39 is 0 Å². The summed E-state index contributed by atoms with van der Waals surface area (Å²) in [4.78, 5) is 20.6. The number of carbonyl (C=O) groups is 1. The molecule has 1 N–H and O–H groups in total. The molecule has 5 heteroatoms. The summed E-state index contributed by atoms with van der Waals surface area (Å²) in [6.45, 7) is 4.80. The van der Waals surface area contributed by atoms with Gasteiger partial charge in [0.25, 0.3) is 5.91 Å². The van der Waals surface area contributed by atoms with Gasteiger partial charge in [0.05, 0.1) is 17.6 Å². The van der Waals surface area contributed by atoms with E-state index in [9.17, 15) is 4.79 Å². The van der Waals surface area contributed by atoms with E-state index in [1.54, 1.807) is 24.5 Å². The highest BCUT2D eigenvalue weighted by atomic mass is 16.1. The number of allylic oxidation sites excluding steroid dienone is 1. The Morgan fingerprint density at radius 2 is 2.00 bits per heavy atom. The van der Waals surface area contributed by atoms with Crippen LogP contribution >= 0.6 is 0 Å². The van der Waals surface area contributed by atoms with E-state index >= 15 is 0 Å². The number of nitrogens with one attached hydrogen (secondary N) is 1. The van der Waals surface area contributed by atoms with Gasteiger partial charge >= 0.3 is 0 Å². The van der Waals surface area contributed by atoms with Crippen molar-refractivity contribution in [2.24, 2.45) is 0 Å². The molecule has 1 amide bonds. The minimum Gasteiger partial charge on any atom is -0.345 e. The second-order valence-corrected chi connectivity index (χ2v) is 4.83. The Kier molecular flexibility index (Phi) is 3.96. The fourth-order valence-corrected chi connectivity index (χ4v) is 2.36. The lowest BCUT2D eigenvalue weighted by atomic mass is 10.2. The van der Waals surface area contributed by atoms with Gasteiger partial charge in [-0.05, 0) is 24.3 Å². The molecular weight excluding hydrogens is 276 g/mol. The first-order chi connectivity index (χ1) is 10.8. The van der Waals surface area contributed by atoms with Crippen LogP contribution in [0.1, 0.15) is 16.2 Å². The van der Waals surface area contributed by atoms with Gasteiger partial charge in [0.15, 0.2) is 0 Å². The molecule has 0 fully saturated rings. The first-order valence-corrected chi connectivity index (χ1v) is 7.03. The van der Waals surface area contributed by atoms with Crippen molar-refractivity contribution in [3.63, 3.8) is 0 Å². The number of rotatable bonds is 5. The van der Waals surface area contributed by atoms with E-state index in [-0.39, 0.29) is 5.91 Å². The van der Waals surface area contributed by atoms with E-state index in [1.807, 2.05) is 30.3 Å². The van der Waals surface area contributed by atoms with Gasteiger partial charge in [-0.25, -0.2) is 4.98 Å². The van der Waals surface area contributed by atoms with Gasteiger partial charge in [0, 0.05) is 24.5 Å². The zero-order valence-electron chi connectivity index (χ0n) is 12.1. The molecule has 2 heterocycles. The number of fused-ring (bicyclic) bond motifs is 1. The standard InChI is InChI=1S/C17H16N4O/c1-2-11-21-15-6-4-3-5-14(15)20-16(21)12-19-17(22)13-7-9-18-10-8-13/h2-10H,1,11-12H2,(H,19,22). The fraction of sp³-hybridized carbons (Fsp3) is 0.118. The number of para-hydroxylation sites is 2. The molecule has 3 rings (SSSR count). The highest BCUT2D eigenvalue weighted by Crippen LogP contribution is 2.16. The van der Waals surface area contributed by atoms with Crippen molar-refractivity contribution < 1.29 is 4.79 Å². The Hall–Kier alpha value is -2.95. The predicted octanol–water partition coefficient (Wildman–Crippen LogP) is 2.55. The van der Waals surface area contributed by atoms with Crippen LogP contribution in [0, 0.1) is 0 Å². The number of benzene rings is 1. The normalized spacial score (nSPS) is 10.5. The number of hydrogen-bond donors (Lipinski definition) is 1. The Morgan fingerprint density at radius 3 is 2.77 bits per heavy atom. The Morgan fingerprint density at radius 1 is 1.23 bits per heavy atom. The number of nitrogens with zero attached hydrogens (tertiary/aromatic N) is 3. The summed E-state index contributed by atoms with van der Waals surface area (Å²) in [6, 6.07) is 11.3. The second kappa shape index (κ2) is 6.22. The van der Waals surface area contributed by atoms with Crippen LogP contribution in [0.3, 0.4) is 0 Å². The summed E-state index contributed by atoms with van der Waals surface area (Å²) in [6.07, 6.45) is 5.02. The number of imidazole rings is 1. The second-order valence-electron chi connectivity index (χ2n) is 4.83. The van der Waals surface area contributed by atoms with Crippen molar-refractivity contribution in [1.29, 1.82) is 0 Å². The molecule has 0 saturated heterocycles.